The van der Waals surface area contributed by atoms with Crippen molar-refractivity contribution in [2.75, 3.05) is 0 Å². The summed E-state index contributed by atoms with van der Waals surface area (Å²) in [6.07, 6.45) is 15.6. The van der Waals surface area contributed by atoms with Crippen LogP contribution in [0.1, 0.15) is 91.4 Å². The van der Waals surface area contributed by atoms with Crippen LogP contribution >= 0.6 is 0 Å². The van der Waals surface area contributed by atoms with Crippen LogP contribution < -0.4 is 0 Å². The summed E-state index contributed by atoms with van der Waals surface area (Å²) < 4.78 is 0. The minimum atomic E-state index is 0.537. The molecule has 1 heteroatoms. The normalized spacial score (nSPS) is 51.8. The van der Waals surface area contributed by atoms with Crippen LogP contribution in [0.3, 0.4) is 0 Å². The molecule has 24 heavy (non-hydrogen) atoms. The third kappa shape index (κ3) is 2.31. The molecule has 0 N–H and O–H groups in total. The van der Waals surface area contributed by atoms with Crippen molar-refractivity contribution < 1.29 is 0 Å². The molecule has 134 valence electrons. The Labute approximate surface area is 149 Å². The first kappa shape index (κ1) is 16.9. The zero-order valence-corrected chi connectivity index (χ0v) is 16.2. The predicted molar refractivity (Wildman–Crippen MR) is 99.2 cm³/mol. The van der Waals surface area contributed by atoms with Crippen molar-refractivity contribution in [1.29, 1.82) is 5.26 Å². The van der Waals surface area contributed by atoms with Gasteiger partial charge in [-0.2, -0.15) is 5.26 Å². The lowest BCUT2D eigenvalue weighted by Crippen LogP contribution is -2.53. The third-order valence-electron chi connectivity index (χ3n) is 9.76. The maximum Gasteiger partial charge on any atom is 0.0624 e. The molecular weight excluding hydrogens is 290 g/mol. The van der Waals surface area contributed by atoms with Crippen LogP contribution in [0, 0.1) is 57.7 Å². The molecule has 8 atom stereocenters. The Balaban J connectivity index is 1.58. The Morgan fingerprint density at radius 3 is 2.50 bits per heavy atom. The maximum atomic E-state index is 9.18. The summed E-state index contributed by atoms with van der Waals surface area (Å²) in [5.41, 5.74) is 1.20. The second-order valence-corrected chi connectivity index (χ2v) is 10.5. The van der Waals surface area contributed by atoms with Gasteiger partial charge < -0.3 is 0 Å². The van der Waals surface area contributed by atoms with Crippen LogP contribution in [0.15, 0.2) is 0 Å². The fourth-order valence-corrected chi connectivity index (χ4v) is 8.56. The van der Waals surface area contributed by atoms with E-state index in [-0.39, 0.29) is 0 Å². The fourth-order valence-electron chi connectivity index (χ4n) is 8.56. The lowest BCUT2D eigenvalue weighted by molar-refractivity contribution is -0.114. The molecule has 0 aromatic carbocycles. The Kier molecular flexibility index (Phi) is 4.26. The summed E-state index contributed by atoms with van der Waals surface area (Å²) in [6, 6.07) is 2.46. The van der Waals surface area contributed by atoms with Crippen molar-refractivity contribution in [1.82, 2.24) is 0 Å². The smallest absolute Gasteiger partial charge is 0.0624 e. The van der Waals surface area contributed by atoms with Gasteiger partial charge in [-0.05, 0) is 97.7 Å². The molecular formula is C23H37N. The molecule has 0 aromatic rings. The van der Waals surface area contributed by atoms with Crippen molar-refractivity contribution in [3.63, 3.8) is 0 Å². The van der Waals surface area contributed by atoms with Crippen LogP contribution in [0.25, 0.3) is 0 Å². The van der Waals surface area contributed by atoms with E-state index in [1.807, 2.05) is 0 Å². The zero-order chi connectivity index (χ0) is 16.9. The van der Waals surface area contributed by atoms with Gasteiger partial charge in [0, 0.05) is 6.42 Å². The molecule has 0 saturated heterocycles. The first-order valence-electron chi connectivity index (χ1n) is 10.9. The molecule has 0 heterocycles. The molecule has 0 radical (unpaired) electrons. The van der Waals surface area contributed by atoms with Crippen molar-refractivity contribution in [2.24, 2.45) is 46.3 Å². The van der Waals surface area contributed by atoms with Crippen LogP contribution in [-0.4, -0.2) is 0 Å². The highest BCUT2D eigenvalue weighted by Crippen LogP contribution is 2.68. The molecule has 0 aliphatic heterocycles. The van der Waals surface area contributed by atoms with Gasteiger partial charge in [0.1, 0.15) is 0 Å². The molecule has 4 aliphatic rings. The van der Waals surface area contributed by atoms with E-state index < -0.39 is 0 Å². The van der Waals surface area contributed by atoms with Gasteiger partial charge in [-0.3, -0.25) is 0 Å². The molecule has 4 rings (SSSR count). The van der Waals surface area contributed by atoms with Crippen LogP contribution in [0.4, 0.5) is 0 Å². The second-order valence-electron chi connectivity index (χ2n) is 10.5. The van der Waals surface area contributed by atoms with E-state index in [9.17, 15) is 5.26 Å². The van der Waals surface area contributed by atoms with Crippen LogP contribution in [0.2, 0.25) is 0 Å². The van der Waals surface area contributed by atoms with Gasteiger partial charge in [-0.15, -0.1) is 0 Å². The number of hydrogen-bond donors (Lipinski definition) is 0. The van der Waals surface area contributed by atoms with Gasteiger partial charge in [0.2, 0.25) is 0 Å². The Hall–Kier alpha value is -0.510. The summed E-state index contributed by atoms with van der Waals surface area (Å²) >= 11 is 0. The highest BCUT2D eigenvalue weighted by atomic mass is 14.6. The van der Waals surface area contributed by atoms with Gasteiger partial charge in [0.15, 0.2) is 0 Å². The highest BCUT2D eigenvalue weighted by Gasteiger charge is 2.60. The quantitative estimate of drug-likeness (QED) is 0.561. The SMILES string of the molecule is C[C@H](CC#N)C1CCC2C3CCC4CCCCC4(C)C3CCC21C. The summed E-state index contributed by atoms with van der Waals surface area (Å²) in [7, 11) is 0. The summed E-state index contributed by atoms with van der Waals surface area (Å²) in [5, 5.41) is 9.18. The largest absolute Gasteiger partial charge is 0.198 e. The first-order chi connectivity index (χ1) is 11.5. The van der Waals surface area contributed by atoms with Crippen molar-refractivity contribution in [3.05, 3.63) is 0 Å². The van der Waals surface area contributed by atoms with E-state index in [0.717, 1.165) is 36.0 Å². The monoisotopic (exact) mass is 327 g/mol. The molecule has 4 aliphatic carbocycles. The van der Waals surface area contributed by atoms with Gasteiger partial charge in [0.25, 0.3) is 0 Å². The number of nitriles is 1. The molecule has 4 fully saturated rings. The molecule has 0 bridgehead atoms. The Bertz CT molecular complexity index is 519. The lowest BCUT2D eigenvalue weighted by Gasteiger charge is -2.60. The summed E-state index contributed by atoms with van der Waals surface area (Å²) in [5.74, 6) is 5.42. The third-order valence-corrected chi connectivity index (χ3v) is 9.76. The fraction of sp³-hybridized carbons (Fsp3) is 0.957. The number of hydrogen-bond acceptors (Lipinski definition) is 1. The van der Waals surface area contributed by atoms with Gasteiger partial charge in [-0.25, -0.2) is 0 Å². The minimum absolute atomic E-state index is 0.537. The highest BCUT2D eigenvalue weighted by molar-refractivity contribution is 5.09. The van der Waals surface area contributed by atoms with Crippen molar-refractivity contribution in [2.45, 2.75) is 91.4 Å². The molecule has 1 nitrogen and oxygen atoms in total. The molecule has 0 aromatic heterocycles. The minimum Gasteiger partial charge on any atom is -0.198 e. The number of fused-ring (bicyclic) bond motifs is 5. The second kappa shape index (κ2) is 6.03. The van der Waals surface area contributed by atoms with Gasteiger partial charge >= 0.3 is 0 Å². The van der Waals surface area contributed by atoms with E-state index >= 15 is 0 Å². The predicted octanol–water partition coefficient (Wildman–Crippen LogP) is 6.59. The van der Waals surface area contributed by atoms with E-state index in [2.05, 4.69) is 26.8 Å². The van der Waals surface area contributed by atoms with Crippen LogP contribution in [-0.2, 0) is 0 Å². The standard InChI is InChI=1S/C23H37N/c1-16(12-15-24)19-9-10-20-18-8-7-17-6-4-5-13-22(17,2)21(18)11-14-23(19,20)3/h16-21H,4-14H2,1-3H3/t16-,17?,18?,19?,20?,21?,22?,23?/m1/s1. The maximum absolute atomic E-state index is 9.18. The van der Waals surface area contributed by atoms with E-state index in [1.54, 1.807) is 0 Å². The molecule has 0 spiro atoms. The Morgan fingerprint density at radius 1 is 0.917 bits per heavy atom. The average Bonchev–Trinajstić information content (AvgIpc) is 2.92. The molecule has 7 unspecified atom stereocenters. The summed E-state index contributed by atoms with van der Waals surface area (Å²) in [4.78, 5) is 0. The van der Waals surface area contributed by atoms with Gasteiger partial charge in [-0.1, -0.05) is 33.6 Å². The van der Waals surface area contributed by atoms with E-state index in [0.29, 0.717) is 16.7 Å². The van der Waals surface area contributed by atoms with E-state index in [4.69, 9.17) is 0 Å². The Morgan fingerprint density at radius 2 is 1.71 bits per heavy atom. The molecule has 4 saturated carbocycles. The van der Waals surface area contributed by atoms with Gasteiger partial charge in [0.05, 0.1) is 6.07 Å². The average molecular weight is 328 g/mol. The van der Waals surface area contributed by atoms with Crippen molar-refractivity contribution >= 4 is 0 Å². The molecule has 0 amide bonds. The zero-order valence-electron chi connectivity index (χ0n) is 16.2. The topological polar surface area (TPSA) is 23.8 Å². The summed E-state index contributed by atoms with van der Waals surface area (Å²) in [6.45, 7) is 7.66. The number of nitrogens with zero attached hydrogens (tertiary/aromatic N) is 1. The van der Waals surface area contributed by atoms with Crippen molar-refractivity contribution in [3.8, 4) is 6.07 Å². The first-order valence-corrected chi connectivity index (χ1v) is 10.9. The van der Waals surface area contributed by atoms with Crippen LogP contribution in [0.5, 0.6) is 0 Å². The van der Waals surface area contributed by atoms with E-state index in [1.165, 1.54) is 64.2 Å². The number of rotatable bonds is 2. The lowest BCUT2D eigenvalue weighted by atomic mass is 9.44.